The summed E-state index contributed by atoms with van der Waals surface area (Å²) in [5, 5.41) is 12.6. The summed E-state index contributed by atoms with van der Waals surface area (Å²) in [6.07, 6.45) is 0.208. The maximum atomic E-state index is 12.3. The lowest BCUT2D eigenvalue weighted by atomic mass is 10.1. The zero-order valence-corrected chi connectivity index (χ0v) is 17.0. The van der Waals surface area contributed by atoms with E-state index in [0.717, 1.165) is 16.7 Å². The fourth-order valence-corrected chi connectivity index (χ4v) is 3.07. The molecule has 1 aromatic heterocycles. The standard InChI is InChI=1S/C21H23N5O2S/c1-15-6-5-9-17(12-15)20-24-25-21(29)26(20)14-19(28)22-11-10-18(27)23-13-16-7-3-2-4-8-16/h2-9,12H,10-11,13-14H2,1H3,(H,22,28)(H,23,27)(H,25,29). The Labute approximate surface area is 174 Å². The topological polar surface area (TPSA) is 91.8 Å². The molecule has 29 heavy (non-hydrogen) atoms. The molecule has 3 rings (SSSR count). The van der Waals surface area contributed by atoms with Crippen LogP contribution in [0.2, 0.25) is 0 Å². The molecule has 0 aliphatic heterocycles. The van der Waals surface area contributed by atoms with E-state index in [0.29, 0.717) is 17.1 Å². The summed E-state index contributed by atoms with van der Waals surface area (Å²) in [5.74, 6) is 0.260. The van der Waals surface area contributed by atoms with Crippen LogP contribution in [0.1, 0.15) is 17.5 Å². The monoisotopic (exact) mass is 409 g/mol. The van der Waals surface area contributed by atoms with Crippen LogP contribution in [-0.2, 0) is 22.7 Å². The van der Waals surface area contributed by atoms with E-state index in [4.69, 9.17) is 12.2 Å². The molecule has 7 nitrogen and oxygen atoms in total. The molecular formula is C21H23N5O2S. The van der Waals surface area contributed by atoms with E-state index in [2.05, 4.69) is 20.8 Å². The minimum absolute atomic E-state index is 0.0320. The van der Waals surface area contributed by atoms with E-state index in [9.17, 15) is 9.59 Å². The highest BCUT2D eigenvalue weighted by atomic mass is 32.1. The van der Waals surface area contributed by atoms with E-state index < -0.39 is 0 Å². The third-order valence-corrected chi connectivity index (χ3v) is 4.65. The van der Waals surface area contributed by atoms with Gasteiger partial charge in [-0.1, -0.05) is 54.1 Å². The number of nitrogens with zero attached hydrogens (tertiary/aromatic N) is 2. The van der Waals surface area contributed by atoms with Crippen molar-refractivity contribution in [3.05, 3.63) is 70.5 Å². The van der Waals surface area contributed by atoms with Gasteiger partial charge in [0.05, 0.1) is 0 Å². The summed E-state index contributed by atoms with van der Waals surface area (Å²) in [4.78, 5) is 24.3. The number of amides is 2. The van der Waals surface area contributed by atoms with Crippen LogP contribution in [0.5, 0.6) is 0 Å². The second-order valence-electron chi connectivity index (χ2n) is 6.67. The van der Waals surface area contributed by atoms with E-state index in [1.807, 2.05) is 61.5 Å². The van der Waals surface area contributed by atoms with Crippen LogP contribution in [0.25, 0.3) is 11.4 Å². The van der Waals surface area contributed by atoms with E-state index >= 15 is 0 Å². The van der Waals surface area contributed by atoms with Crippen molar-refractivity contribution >= 4 is 24.0 Å². The first-order chi connectivity index (χ1) is 14.0. The maximum Gasteiger partial charge on any atom is 0.240 e. The van der Waals surface area contributed by atoms with Gasteiger partial charge in [-0.2, -0.15) is 5.10 Å². The highest BCUT2D eigenvalue weighted by Crippen LogP contribution is 2.18. The number of carbonyl (C=O) groups is 2. The third-order valence-electron chi connectivity index (χ3n) is 4.34. The van der Waals surface area contributed by atoms with Gasteiger partial charge in [0.2, 0.25) is 11.8 Å². The average Bonchev–Trinajstić information content (AvgIpc) is 3.07. The van der Waals surface area contributed by atoms with Gasteiger partial charge in [-0.25, -0.2) is 0 Å². The number of aromatic nitrogens is 3. The summed E-state index contributed by atoms with van der Waals surface area (Å²) in [6.45, 7) is 2.75. The number of nitrogens with one attached hydrogen (secondary N) is 3. The fraction of sp³-hybridized carbons (Fsp3) is 0.238. The Morgan fingerprint density at radius 2 is 1.86 bits per heavy atom. The number of rotatable bonds is 8. The first-order valence-electron chi connectivity index (χ1n) is 9.32. The Morgan fingerprint density at radius 3 is 2.62 bits per heavy atom. The van der Waals surface area contributed by atoms with Gasteiger partial charge in [0.1, 0.15) is 6.54 Å². The Kier molecular flexibility index (Phi) is 6.91. The van der Waals surface area contributed by atoms with Gasteiger partial charge < -0.3 is 10.6 Å². The molecule has 2 amide bonds. The van der Waals surface area contributed by atoms with Crippen LogP contribution in [-0.4, -0.2) is 33.1 Å². The Balaban J connectivity index is 1.49. The predicted molar refractivity (Wildman–Crippen MR) is 114 cm³/mol. The molecule has 2 aromatic carbocycles. The van der Waals surface area contributed by atoms with E-state index in [1.165, 1.54) is 0 Å². The van der Waals surface area contributed by atoms with Gasteiger partial charge in [-0.05, 0) is 30.8 Å². The summed E-state index contributed by atoms with van der Waals surface area (Å²) >= 11 is 5.26. The Morgan fingerprint density at radius 1 is 1.07 bits per heavy atom. The van der Waals surface area contributed by atoms with Gasteiger partial charge >= 0.3 is 0 Å². The number of aryl methyl sites for hydroxylation is 1. The number of carbonyl (C=O) groups excluding carboxylic acids is 2. The summed E-state index contributed by atoms with van der Waals surface area (Å²) in [5.41, 5.74) is 3.00. The molecule has 0 radical (unpaired) electrons. The molecule has 0 aliphatic carbocycles. The quantitative estimate of drug-likeness (QED) is 0.499. The molecule has 3 N–H and O–H groups in total. The Bertz CT molecular complexity index is 1040. The number of benzene rings is 2. The van der Waals surface area contributed by atoms with E-state index in [-0.39, 0.29) is 31.3 Å². The van der Waals surface area contributed by atoms with Crippen molar-refractivity contribution < 1.29 is 9.59 Å². The van der Waals surface area contributed by atoms with Gasteiger partial charge in [-0.15, -0.1) is 0 Å². The van der Waals surface area contributed by atoms with Crippen molar-refractivity contribution in [2.24, 2.45) is 0 Å². The van der Waals surface area contributed by atoms with Crippen molar-refractivity contribution in [1.29, 1.82) is 0 Å². The molecule has 0 aliphatic rings. The molecule has 0 bridgehead atoms. The summed E-state index contributed by atoms with van der Waals surface area (Å²) in [7, 11) is 0. The molecule has 0 spiro atoms. The number of hydrogen-bond donors (Lipinski definition) is 3. The van der Waals surface area contributed by atoms with Crippen LogP contribution in [0, 0.1) is 11.7 Å². The summed E-state index contributed by atoms with van der Waals surface area (Å²) in [6, 6.07) is 17.5. The lowest BCUT2D eigenvalue weighted by Gasteiger charge is -2.09. The molecule has 150 valence electrons. The largest absolute Gasteiger partial charge is 0.354 e. The molecule has 0 atom stereocenters. The van der Waals surface area contributed by atoms with E-state index in [1.54, 1.807) is 4.57 Å². The average molecular weight is 410 g/mol. The minimum atomic E-state index is -0.229. The van der Waals surface area contributed by atoms with Crippen LogP contribution in [0.15, 0.2) is 54.6 Å². The van der Waals surface area contributed by atoms with Crippen LogP contribution in [0.4, 0.5) is 0 Å². The van der Waals surface area contributed by atoms with Crippen molar-refractivity contribution in [3.63, 3.8) is 0 Å². The smallest absolute Gasteiger partial charge is 0.240 e. The number of H-pyrrole nitrogens is 1. The minimum Gasteiger partial charge on any atom is -0.354 e. The first kappa shape index (κ1) is 20.5. The SMILES string of the molecule is Cc1cccc(-c2n[nH]c(=S)n2CC(=O)NCCC(=O)NCc2ccccc2)c1. The van der Waals surface area contributed by atoms with Crippen LogP contribution >= 0.6 is 12.2 Å². The Hall–Kier alpha value is -3.26. The lowest BCUT2D eigenvalue weighted by Crippen LogP contribution is -2.32. The van der Waals surface area contributed by atoms with Gasteiger partial charge in [0, 0.05) is 25.1 Å². The van der Waals surface area contributed by atoms with Crippen LogP contribution in [0.3, 0.4) is 0 Å². The predicted octanol–water partition coefficient (Wildman–Crippen LogP) is 2.74. The zero-order valence-electron chi connectivity index (χ0n) is 16.1. The molecule has 0 saturated heterocycles. The third kappa shape index (κ3) is 5.86. The van der Waals surface area contributed by atoms with Crippen LogP contribution < -0.4 is 10.6 Å². The van der Waals surface area contributed by atoms with Crippen molar-refractivity contribution in [2.45, 2.75) is 26.4 Å². The van der Waals surface area contributed by atoms with Crippen molar-refractivity contribution in [3.8, 4) is 11.4 Å². The normalized spacial score (nSPS) is 10.5. The highest BCUT2D eigenvalue weighted by Gasteiger charge is 2.12. The molecule has 0 unspecified atom stereocenters. The van der Waals surface area contributed by atoms with Gasteiger partial charge in [-0.3, -0.25) is 19.3 Å². The molecule has 8 heteroatoms. The molecule has 1 heterocycles. The second-order valence-corrected chi connectivity index (χ2v) is 7.06. The van der Waals surface area contributed by atoms with Gasteiger partial charge in [0.25, 0.3) is 0 Å². The molecule has 0 fully saturated rings. The van der Waals surface area contributed by atoms with Crippen molar-refractivity contribution in [2.75, 3.05) is 6.54 Å². The fourth-order valence-electron chi connectivity index (χ4n) is 2.87. The van der Waals surface area contributed by atoms with Gasteiger partial charge in [0.15, 0.2) is 10.6 Å². The zero-order chi connectivity index (χ0) is 20.6. The number of aromatic amines is 1. The molecule has 3 aromatic rings. The molecule has 0 saturated carbocycles. The highest BCUT2D eigenvalue weighted by molar-refractivity contribution is 7.71. The first-order valence-corrected chi connectivity index (χ1v) is 9.73. The van der Waals surface area contributed by atoms with Crippen molar-refractivity contribution in [1.82, 2.24) is 25.4 Å². The lowest BCUT2D eigenvalue weighted by molar-refractivity contribution is -0.122. The molecular weight excluding hydrogens is 386 g/mol. The maximum absolute atomic E-state index is 12.3. The second kappa shape index (κ2) is 9.79. The summed E-state index contributed by atoms with van der Waals surface area (Å²) < 4.78 is 2.02. The number of hydrogen-bond acceptors (Lipinski definition) is 4.